The van der Waals surface area contributed by atoms with Crippen LogP contribution in [-0.4, -0.2) is 29.8 Å². The van der Waals surface area contributed by atoms with Crippen LogP contribution < -0.4 is 14.3 Å². The molecule has 0 bridgehead atoms. The summed E-state index contributed by atoms with van der Waals surface area (Å²) in [6.07, 6.45) is -4.59. The molecule has 1 aromatic heterocycles. The number of esters is 1. The first kappa shape index (κ1) is 20.9. The van der Waals surface area contributed by atoms with E-state index in [1.165, 1.54) is 10.6 Å². The van der Waals surface area contributed by atoms with Crippen molar-refractivity contribution in [1.82, 2.24) is 4.57 Å². The molecule has 1 aliphatic rings. The average molecular weight is 452 g/mol. The molecule has 162 valence electrons. The predicted molar refractivity (Wildman–Crippen MR) is 104 cm³/mol. The molecule has 11 heteroatoms. The number of hydrogen-bond acceptors (Lipinski definition) is 6. The van der Waals surface area contributed by atoms with Crippen molar-refractivity contribution in [2.75, 3.05) is 13.4 Å². The van der Waals surface area contributed by atoms with Gasteiger partial charge in [-0.15, -0.1) is 0 Å². The van der Waals surface area contributed by atoms with Crippen molar-refractivity contribution >= 4 is 33.4 Å². The fourth-order valence-electron chi connectivity index (χ4n) is 3.01. The Morgan fingerprint density at radius 2 is 1.94 bits per heavy atom. The molecule has 0 spiro atoms. The Kier molecular flexibility index (Phi) is 5.44. The molecule has 2 aromatic carbocycles. The molecule has 1 amide bonds. The zero-order valence-corrected chi connectivity index (χ0v) is 16.9. The summed E-state index contributed by atoms with van der Waals surface area (Å²) in [7, 11) is 0. The zero-order valence-electron chi connectivity index (χ0n) is 16.1. The summed E-state index contributed by atoms with van der Waals surface area (Å²) in [4.78, 5) is 28.9. The van der Waals surface area contributed by atoms with Gasteiger partial charge in [0.2, 0.25) is 6.79 Å². The van der Waals surface area contributed by atoms with E-state index in [0.29, 0.717) is 21.7 Å². The maximum atomic E-state index is 13.0. The summed E-state index contributed by atoms with van der Waals surface area (Å²) in [5.41, 5.74) is -0.614. The van der Waals surface area contributed by atoms with Gasteiger partial charge >= 0.3 is 12.1 Å². The second kappa shape index (κ2) is 8.06. The Labute approximate surface area is 177 Å². The number of nitrogens with zero attached hydrogens (tertiary/aromatic N) is 2. The van der Waals surface area contributed by atoms with E-state index in [0.717, 1.165) is 29.5 Å². The summed E-state index contributed by atoms with van der Waals surface area (Å²) in [6.45, 7) is 1.66. The predicted octanol–water partition coefficient (Wildman–Crippen LogP) is 3.75. The number of rotatable bonds is 4. The molecule has 0 N–H and O–H groups in total. The molecule has 0 radical (unpaired) electrons. The van der Waals surface area contributed by atoms with E-state index in [1.54, 1.807) is 19.1 Å². The molecule has 0 atom stereocenters. The minimum Gasteiger partial charge on any atom is -0.465 e. The van der Waals surface area contributed by atoms with Gasteiger partial charge in [0.15, 0.2) is 16.3 Å². The minimum atomic E-state index is -4.59. The van der Waals surface area contributed by atoms with Crippen LogP contribution in [-0.2, 0) is 22.3 Å². The van der Waals surface area contributed by atoms with Gasteiger partial charge in [-0.05, 0) is 25.1 Å². The van der Waals surface area contributed by atoms with Crippen LogP contribution in [0.3, 0.4) is 0 Å². The average Bonchev–Trinajstić information content (AvgIpc) is 3.30. The smallest absolute Gasteiger partial charge is 0.416 e. The molecule has 3 aromatic rings. The molecule has 1 aliphatic heterocycles. The fourth-order valence-corrected chi connectivity index (χ4v) is 4.05. The van der Waals surface area contributed by atoms with Gasteiger partial charge in [0.25, 0.3) is 5.91 Å². The lowest BCUT2D eigenvalue weighted by atomic mass is 10.1. The summed E-state index contributed by atoms with van der Waals surface area (Å²) < 4.78 is 56.8. The van der Waals surface area contributed by atoms with Crippen molar-refractivity contribution in [3.05, 3.63) is 52.3 Å². The molecule has 4 rings (SSSR count). The SMILES string of the molecule is CCOC(=O)Cn1c(=NC(=O)c2cccc(C(F)(F)F)c2)sc2cc3c(cc21)OCO3. The zero-order chi connectivity index (χ0) is 22.2. The molecular formula is C20H15F3N2O5S. The fraction of sp³-hybridized carbons (Fsp3) is 0.250. The number of thiazole rings is 1. The van der Waals surface area contributed by atoms with Crippen LogP contribution in [0.1, 0.15) is 22.8 Å². The molecule has 0 aliphatic carbocycles. The summed E-state index contributed by atoms with van der Waals surface area (Å²) in [5, 5.41) is 0. The first-order valence-electron chi connectivity index (χ1n) is 9.11. The van der Waals surface area contributed by atoms with Gasteiger partial charge in [-0.3, -0.25) is 9.59 Å². The molecule has 0 saturated heterocycles. The lowest BCUT2D eigenvalue weighted by molar-refractivity contribution is -0.143. The van der Waals surface area contributed by atoms with Crippen LogP contribution in [0.15, 0.2) is 41.4 Å². The molecule has 0 saturated carbocycles. The Bertz CT molecular complexity index is 1250. The van der Waals surface area contributed by atoms with Crippen molar-refractivity contribution in [3.63, 3.8) is 0 Å². The van der Waals surface area contributed by atoms with Gasteiger partial charge in [0.1, 0.15) is 6.54 Å². The number of alkyl halides is 3. The van der Waals surface area contributed by atoms with Crippen LogP contribution in [0, 0.1) is 0 Å². The number of halogens is 3. The van der Waals surface area contributed by atoms with Gasteiger partial charge in [-0.25, -0.2) is 0 Å². The van der Waals surface area contributed by atoms with Crippen LogP contribution in [0.5, 0.6) is 11.5 Å². The highest BCUT2D eigenvalue weighted by molar-refractivity contribution is 7.16. The van der Waals surface area contributed by atoms with Crippen LogP contribution in [0.4, 0.5) is 13.2 Å². The molecule has 0 unspecified atom stereocenters. The monoisotopic (exact) mass is 452 g/mol. The number of fused-ring (bicyclic) bond motifs is 2. The third kappa shape index (κ3) is 4.26. The van der Waals surface area contributed by atoms with Gasteiger partial charge in [-0.2, -0.15) is 18.2 Å². The number of carbonyl (C=O) groups is 2. The quantitative estimate of drug-likeness (QED) is 0.564. The maximum absolute atomic E-state index is 13.0. The lowest BCUT2D eigenvalue weighted by Gasteiger charge is -2.07. The molecule has 31 heavy (non-hydrogen) atoms. The van der Waals surface area contributed by atoms with E-state index in [-0.39, 0.29) is 30.3 Å². The number of aromatic nitrogens is 1. The van der Waals surface area contributed by atoms with Crippen molar-refractivity contribution in [1.29, 1.82) is 0 Å². The number of carbonyl (C=O) groups excluding carboxylic acids is 2. The summed E-state index contributed by atoms with van der Waals surface area (Å²) >= 11 is 1.09. The van der Waals surface area contributed by atoms with Crippen molar-refractivity contribution < 1.29 is 37.0 Å². The van der Waals surface area contributed by atoms with Gasteiger partial charge in [0, 0.05) is 17.7 Å². The topological polar surface area (TPSA) is 79.1 Å². The van der Waals surface area contributed by atoms with Gasteiger partial charge < -0.3 is 18.8 Å². The third-order valence-corrected chi connectivity index (χ3v) is 5.44. The molecule has 7 nitrogen and oxygen atoms in total. The largest absolute Gasteiger partial charge is 0.465 e. The highest BCUT2D eigenvalue weighted by atomic mass is 32.1. The van der Waals surface area contributed by atoms with E-state index in [9.17, 15) is 22.8 Å². The number of benzene rings is 2. The van der Waals surface area contributed by atoms with E-state index in [1.807, 2.05) is 0 Å². The Balaban J connectivity index is 1.81. The van der Waals surface area contributed by atoms with Gasteiger partial charge in [0.05, 0.1) is 22.4 Å². The Morgan fingerprint density at radius 3 is 2.65 bits per heavy atom. The first-order chi connectivity index (χ1) is 14.8. The summed E-state index contributed by atoms with van der Waals surface area (Å²) in [6, 6.07) is 7.35. The Morgan fingerprint density at radius 1 is 1.19 bits per heavy atom. The highest BCUT2D eigenvalue weighted by Gasteiger charge is 2.31. The number of hydrogen-bond donors (Lipinski definition) is 0. The number of ether oxygens (including phenoxy) is 3. The Hall–Kier alpha value is -3.34. The maximum Gasteiger partial charge on any atom is 0.416 e. The van der Waals surface area contributed by atoms with E-state index in [4.69, 9.17) is 14.2 Å². The van der Waals surface area contributed by atoms with Crippen molar-refractivity contribution in [2.24, 2.45) is 4.99 Å². The summed E-state index contributed by atoms with van der Waals surface area (Å²) in [5.74, 6) is -0.436. The molecular weight excluding hydrogens is 437 g/mol. The van der Waals surface area contributed by atoms with E-state index >= 15 is 0 Å². The second-order valence-electron chi connectivity index (χ2n) is 6.44. The highest BCUT2D eigenvalue weighted by Crippen LogP contribution is 2.37. The number of amides is 1. The van der Waals surface area contributed by atoms with Crippen molar-refractivity contribution in [2.45, 2.75) is 19.6 Å². The van der Waals surface area contributed by atoms with Crippen LogP contribution >= 0.6 is 11.3 Å². The van der Waals surface area contributed by atoms with E-state index in [2.05, 4.69) is 4.99 Å². The first-order valence-corrected chi connectivity index (χ1v) is 9.93. The van der Waals surface area contributed by atoms with E-state index < -0.39 is 23.6 Å². The normalized spacial score (nSPS) is 13.6. The molecule has 2 heterocycles. The van der Waals surface area contributed by atoms with Gasteiger partial charge in [-0.1, -0.05) is 17.4 Å². The molecule has 0 fully saturated rings. The van der Waals surface area contributed by atoms with Crippen molar-refractivity contribution in [3.8, 4) is 11.5 Å². The van der Waals surface area contributed by atoms with Crippen LogP contribution in [0.25, 0.3) is 10.2 Å². The standard InChI is InChI=1S/C20H15F3N2O5S/c1-2-28-17(26)9-25-13-7-14-15(30-10-29-14)8-16(13)31-19(25)24-18(27)11-4-3-5-12(6-11)20(21,22)23/h3-8H,2,9-10H2,1H3. The third-order valence-electron chi connectivity index (χ3n) is 4.40. The van der Waals surface area contributed by atoms with Crippen LogP contribution in [0.2, 0.25) is 0 Å². The lowest BCUT2D eigenvalue weighted by Crippen LogP contribution is -2.23. The minimum absolute atomic E-state index is 0.0652. The second-order valence-corrected chi connectivity index (χ2v) is 7.45.